The fraction of sp³-hybridized carbons (Fsp3) is 0.533. The number of benzene rings is 1. The van der Waals surface area contributed by atoms with E-state index in [1.807, 2.05) is 0 Å². The minimum Gasteiger partial charge on any atom is -0.439 e. The third-order valence-corrected chi connectivity index (χ3v) is 3.80. The van der Waals surface area contributed by atoms with E-state index in [1.54, 1.807) is 0 Å². The average Bonchev–Trinajstić information content (AvgIpc) is 2.73. The number of piperidine rings is 1. The van der Waals surface area contributed by atoms with Gasteiger partial charge in [-0.1, -0.05) is 13.0 Å². The van der Waals surface area contributed by atoms with Gasteiger partial charge in [0.1, 0.15) is 5.52 Å². The Balaban J connectivity index is 2.00. The molecule has 1 N–H and O–H groups in total. The van der Waals surface area contributed by atoms with E-state index < -0.39 is 0 Å². The average molecular weight is 244 g/mol. The van der Waals surface area contributed by atoms with E-state index in [-0.39, 0.29) is 6.04 Å². The first-order valence-electron chi connectivity index (χ1n) is 6.74. The first-order chi connectivity index (χ1) is 8.63. The van der Waals surface area contributed by atoms with Crippen LogP contribution in [0.15, 0.2) is 16.5 Å². The van der Waals surface area contributed by atoms with Gasteiger partial charge in [-0.2, -0.15) is 0 Å². The summed E-state index contributed by atoms with van der Waals surface area (Å²) in [6.45, 7) is 7.54. The van der Waals surface area contributed by atoms with Gasteiger partial charge < -0.3 is 9.73 Å². The molecule has 1 aromatic heterocycles. The summed E-state index contributed by atoms with van der Waals surface area (Å²) in [4.78, 5) is 4.66. The number of oxazole rings is 1. The minimum absolute atomic E-state index is 0.279. The zero-order valence-corrected chi connectivity index (χ0v) is 11.3. The van der Waals surface area contributed by atoms with Crippen LogP contribution in [-0.2, 0) is 0 Å². The van der Waals surface area contributed by atoms with Crippen LogP contribution in [0.25, 0.3) is 11.1 Å². The quantitative estimate of drug-likeness (QED) is 0.834. The van der Waals surface area contributed by atoms with Gasteiger partial charge in [0.05, 0.1) is 6.04 Å². The van der Waals surface area contributed by atoms with Gasteiger partial charge in [0, 0.05) is 0 Å². The first kappa shape index (κ1) is 11.7. The van der Waals surface area contributed by atoms with Gasteiger partial charge in [0.2, 0.25) is 5.89 Å². The lowest BCUT2D eigenvalue weighted by Crippen LogP contribution is -2.30. The largest absolute Gasteiger partial charge is 0.439 e. The summed E-state index contributed by atoms with van der Waals surface area (Å²) < 4.78 is 5.97. The zero-order chi connectivity index (χ0) is 12.7. The molecule has 2 atom stereocenters. The molecule has 1 saturated heterocycles. The maximum atomic E-state index is 5.97. The molecule has 2 aromatic rings. The number of hydrogen-bond acceptors (Lipinski definition) is 3. The summed E-state index contributed by atoms with van der Waals surface area (Å²) in [5.41, 5.74) is 4.34. The van der Waals surface area contributed by atoms with Crippen molar-refractivity contribution >= 4 is 11.1 Å². The Bertz CT molecular complexity index is 573. The molecule has 96 valence electrons. The monoisotopic (exact) mass is 244 g/mol. The van der Waals surface area contributed by atoms with E-state index in [4.69, 9.17) is 4.42 Å². The van der Waals surface area contributed by atoms with Crippen LogP contribution >= 0.6 is 0 Å². The Labute approximate surface area is 108 Å². The maximum Gasteiger partial charge on any atom is 0.212 e. The van der Waals surface area contributed by atoms with Crippen LogP contribution in [0.2, 0.25) is 0 Å². The highest BCUT2D eigenvalue weighted by Crippen LogP contribution is 2.30. The van der Waals surface area contributed by atoms with E-state index in [0.717, 1.165) is 35.9 Å². The van der Waals surface area contributed by atoms with Gasteiger partial charge in [0.25, 0.3) is 0 Å². The summed E-state index contributed by atoms with van der Waals surface area (Å²) in [6.07, 6.45) is 2.36. The predicted octanol–water partition coefficient (Wildman–Crippen LogP) is 3.51. The van der Waals surface area contributed by atoms with Crippen molar-refractivity contribution < 1.29 is 4.42 Å². The molecule has 0 saturated carbocycles. The Morgan fingerprint density at radius 2 is 2.17 bits per heavy atom. The van der Waals surface area contributed by atoms with Crippen molar-refractivity contribution in [2.24, 2.45) is 5.92 Å². The number of rotatable bonds is 1. The van der Waals surface area contributed by atoms with Gasteiger partial charge in [-0.25, -0.2) is 4.98 Å². The Morgan fingerprint density at radius 3 is 2.94 bits per heavy atom. The molecule has 0 radical (unpaired) electrons. The first-order valence-corrected chi connectivity index (χ1v) is 6.74. The summed E-state index contributed by atoms with van der Waals surface area (Å²) >= 11 is 0. The molecule has 1 aromatic carbocycles. The van der Waals surface area contributed by atoms with Gasteiger partial charge in [-0.15, -0.1) is 0 Å². The normalized spacial score (nSPS) is 24.6. The molecule has 2 unspecified atom stereocenters. The molecule has 0 aliphatic carbocycles. The predicted molar refractivity (Wildman–Crippen MR) is 72.6 cm³/mol. The topological polar surface area (TPSA) is 38.1 Å². The van der Waals surface area contributed by atoms with Crippen molar-refractivity contribution in [3.63, 3.8) is 0 Å². The molecule has 18 heavy (non-hydrogen) atoms. The van der Waals surface area contributed by atoms with Crippen LogP contribution in [-0.4, -0.2) is 11.5 Å². The highest BCUT2D eigenvalue weighted by atomic mass is 16.3. The van der Waals surface area contributed by atoms with E-state index in [9.17, 15) is 0 Å². The van der Waals surface area contributed by atoms with Crippen molar-refractivity contribution in [2.75, 3.05) is 6.54 Å². The van der Waals surface area contributed by atoms with Crippen LogP contribution in [0.3, 0.4) is 0 Å². The second-order valence-electron chi connectivity index (χ2n) is 5.62. The second-order valence-corrected chi connectivity index (χ2v) is 5.62. The van der Waals surface area contributed by atoms with Crippen molar-refractivity contribution in [1.29, 1.82) is 0 Å². The molecule has 1 aliphatic heterocycles. The fourth-order valence-electron chi connectivity index (χ4n) is 2.84. The number of fused-ring (bicyclic) bond motifs is 1. The number of aryl methyl sites for hydroxylation is 2. The van der Waals surface area contributed by atoms with Gasteiger partial charge in [0.15, 0.2) is 5.58 Å². The number of aromatic nitrogens is 1. The highest BCUT2D eigenvalue weighted by Gasteiger charge is 2.24. The minimum atomic E-state index is 0.279. The molecule has 1 aliphatic rings. The van der Waals surface area contributed by atoms with E-state index >= 15 is 0 Å². The standard InChI is InChI=1S/C15H20N2O/c1-9-4-5-16-13(7-9)15-17-12-8-10(2)6-11(3)14(12)18-15/h6,8-9,13,16H,4-5,7H2,1-3H3. The van der Waals surface area contributed by atoms with Gasteiger partial charge in [-0.05, 0) is 56.3 Å². The molecule has 1 fully saturated rings. The van der Waals surface area contributed by atoms with E-state index in [2.05, 4.69) is 43.2 Å². The molecular weight excluding hydrogens is 224 g/mol. The third-order valence-electron chi connectivity index (χ3n) is 3.80. The Kier molecular flexibility index (Phi) is 2.86. The molecule has 3 nitrogen and oxygen atoms in total. The number of nitrogens with one attached hydrogen (secondary N) is 1. The molecule has 0 amide bonds. The van der Waals surface area contributed by atoms with Crippen LogP contribution in [0.5, 0.6) is 0 Å². The lowest BCUT2D eigenvalue weighted by Gasteiger charge is -2.25. The van der Waals surface area contributed by atoms with E-state index in [1.165, 1.54) is 17.5 Å². The molecule has 3 rings (SSSR count). The van der Waals surface area contributed by atoms with Gasteiger partial charge in [-0.3, -0.25) is 0 Å². The van der Waals surface area contributed by atoms with Gasteiger partial charge >= 0.3 is 0 Å². The molecule has 0 bridgehead atoms. The summed E-state index contributed by atoms with van der Waals surface area (Å²) in [5.74, 6) is 1.60. The van der Waals surface area contributed by atoms with E-state index in [0.29, 0.717) is 0 Å². The number of hydrogen-bond donors (Lipinski definition) is 1. The Morgan fingerprint density at radius 1 is 1.33 bits per heavy atom. The van der Waals surface area contributed by atoms with Crippen molar-refractivity contribution in [3.8, 4) is 0 Å². The SMILES string of the molecule is Cc1cc(C)c2oc(C3CC(C)CCN3)nc2c1. The van der Waals surface area contributed by atoms with Crippen LogP contribution in [0, 0.1) is 19.8 Å². The third kappa shape index (κ3) is 2.03. The van der Waals surface area contributed by atoms with Crippen LogP contribution < -0.4 is 5.32 Å². The van der Waals surface area contributed by atoms with Crippen molar-refractivity contribution in [1.82, 2.24) is 10.3 Å². The molecule has 0 spiro atoms. The lowest BCUT2D eigenvalue weighted by atomic mass is 9.94. The smallest absolute Gasteiger partial charge is 0.212 e. The Hall–Kier alpha value is -1.35. The molecule has 2 heterocycles. The summed E-state index contributed by atoms with van der Waals surface area (Å²) in [6, 6.07) is 4.52. The fourth-order valence-corrected chi connectivity index (χ4v) is 2.84. The maximum absolute atomic E-state index is 5.97. The van der Waals surface area contributed by atoms with Crippen LogP contribution in [0.4, 0.5) is 0 Å². The highest BCUT2D eigenvalue weighted by molar-refractivity contribution is 5.77. The van der Waals surface area contributed by atoms with Crippen molar-refractivity contribution in [2.45, 2.75) is 39.7 Å². The summed E-state index contributed by atoms with van der Waals surface area (Å²) in [5, 5.41) is 3.50. The summed E-state index contributed by atoms with van der Waals surface area (Å²) in [7, 11) is 0. The van der Waals surface area contributed by atoms with Crippen LogP contribution in [0.1, 0.15) is 42.8 Å². The molecular formula is C15H20N2O. The lowest BCUT2D eigenvalue weighted by molar-refractivity contribution is 0.287. The number of nitrogens with zero attached hydrogens (tertiary/aromatic N) is 1. The zero-order valence-electron chi connectivity index (χ0n) is 11.3. The van der Waals surface area contributed by atoms with Crippen molar-refractivity contribution in [3.05, 3.63) is 29.2 Å². The second kappa shape index (κ2) is 4.39. The molecule has 3 heteroatoms.